The highest BCUT2D eigenvalue weighted by atomic mass is 32.1. The first kappa shape index (κ1) is 10.7. The summed E-state index contributed by atoms with van der Waals surface area (Å²) in [5.74, 6) is -0.773. The fourth-order valence-corrected chi connectivity index (χ4v) is 3.43. The van der Waals surface area contributed by atoms with Crippen molar-refractivity contribution in [3.8, 4) is 0 Å². The molecule has 0 radical (unpaired) electrons. The number of rotatable bonds is 1. The Morgan fingerprint density at radius 2 is 2.13 bits per heavy atom. The van der Waals surface area contributed by atoms with Crippen molar-refractivity contribution >= 4 is 17.3 Å². The molecule has 1 aromatic heterocycles. The number of thiophene rings is 1. The summed E-state index contributed by atoms with van der Waals surface area (Å²) < 4.78 is 0. The first-order valence-electron chi connectivity index (χ1n) is 5.25. The zero-order chi connectivity index (χ0) is 11.2. The van der Waals surface area contributed by atoms with Gasteiger partial charge in [-0.3, -0.25) is 0 Å². The van der Waals surface area contributed by atoms with E-state index in [0.29, 0.717) is 10.3 Å². The molecule has 1 aliphatic carbocycles. The van der Waals surface area contributed by atoms with Gasteiger partial charge in [-0.2, -0.15) is 0 Å². The summed E-state index contributed by atoms with van der Waals surface area (Å²) in [6.45, 7) is 6.46. The van der Waals surface area contributed by atoms with E-state index in [9.17, 15) is 4.79 Å². The van der Waals surface area contributed by atoms with Crippen LogP contribution in [0.4, 0.5) is 0 Å². The maximum absolute atomic E-state index is 11.0. The lowest BCUT2D eigenvalue weighted by Crippen LogP contribution is -2.21. The van der Waals surface area contributed by atoms with E-state index < -0.39 is 5.97 Å². The lowest BCUT2D eigenvalue weighted by atomic mass is 9.76. The Kier molecular flexibility index (Phi) is 2.38. The Balaban J connectivity index is 2.47. The molecule has 2 rings (SSSR count). The van der Waals surface area contributed by atoms with Gasteiger partial charge in [-0.1, -0.05) is 13.8 Å². The number of aromatic carboxylic acids is 1. The summed E-state index contributed by atoms with van der Waals surface area (Å²) in [6, 6.07) is 0. The van der Waals surface area contributed by atoms with Crippen LogP contribution in [0, 0.1) is 12.3 Å². The van der Waals surface area contributed by atoms with Crippen molar-refractivity contribution in [3.05, 3.63) is 20.9 Å². The molecule has 0 atom stereocenters. The van der Waals surface area contributed by atoms with Crippen molar-refractivity contribution in [2.45, 2.75) is 40.0 Å². The van der Waals surface area contributed by atoms with Crippen molar-refractivity contribution < 1.29 is 9.90 Å². The van der Waals surface area contributed by atoms with Crippen LogP contribution in [0.15, 0.2) is 0 Å². The van der Waals surface area contributed by atoms with Crippen molar-refractivity contribution in [1.29, 1.82) is 0 Å². The molecule has 1 heterocycles. The Morgan fingerprint density at radius 1 is 1.47 bits per heavy atom. The smallest absolute Gasteiger partial charge is 0.346 e. The lowest BCUT2D eigenvalue weighted by molar-refractivity contribution is 0.0701. The van der Waals surface area contributed by atoms with Crippen molar-refractivity contribution in [1.82, 2.24) is 0 Å². The monoisotopic (exact) mass is 224 g/mol. The van der Waals surface area contributed by atoms with E-state index in [0.717, 1.165) is 18.4 Å². The summed E-state index contributed by atoms with van der Waals surface area (Å²) in [6.07, 6.45) is 3.23. The molecule has 0 spiro atoms. The molecule has 0 saturated heterocycles. The second-order valence-electron chi connectivity index (χ2n) is 5.10. The third-order valence-corrected chi connectivity index (χ3v) is 4.62. The molecule has 1 aromatic rings. The largest absolute Gasteiger partial charge is 0.477 e. The molecule has 1 aliphatic rings. The van der Waals surface area contributed by atoms with Crippen LogP contribution < -0.4 is 0 Å². The first-order chi connectivity index (χ1) is 6.91. The molecule has 3 heteroatoms. The van der Waals surface area contributed by atoms with Crippen LogP contribution in [-0.2, 0) is 12.8 Å². The van der Waals surface area contributed by atoms with Gasteiger partial charge in [0, 0.05) is 4.88 Å². The quantitative estimate of drug-likeness (QED) is 0.795. The highest BCUT2D eigenvalue weighted by molar-refractivity contribution is 7.14. The molecule has 0 amide bonds. The van der Waals surface area contributed by atoms with Gasteiger partial charge in [0.05, 0.1) is 0 Å². The fraction of sp³-hybridized carbons (Fsp3) is 0.583. The molecule has 0 unspecified atom stereocenters. The zero-order valence-corrected chi connectivity index (χ0v) is 10.2. The summed E-state index contributed by atoms with van der Waals surface area (Å²) in [5.41, 5.74) is 2.62. The molecule has 0 saturated carbocycles. The molecule has 2 nitrogen and oxygen atoms in total. The van der Waals surface area contributed by atoms with Crippen LogP contribution >= 0.6 is 11.3 Å². The molecule has 82 valence electrons. The number of hydrogen-bond acceptors (Lipinski definition) is 2. The Morgan fingerprint density at radius 3 is 2.73 bits per heavy atom. The van der Waals surface area contributed by atoms with E-state index in [1.165, 1.54) is 28.2 Å². The predicted molar refractivity (Wildman–Crippen MR) is 61.8 cm³/mol. The van der Waals surface area contributed by atoms with Crippen LogP contribution in [0.1, 0.15) is 45.9 Å². The van der Waals surface area contributed by atoms with Gasteiger partial charge in [0.2, 0.25) is 0 Å². The second-order valence-corrected chi connectivity index (χ2v) is 6.21. The van der Waals surface area contributed by atoms with Gasteiger partial charge in [0.15, 0.2) is 0 Å². The van der Waals surface area contributed by atoms with Gasteiger partial charge in [-0.25, -0.2) is 4.79 Å². The number of carbonyl (C=O) groups is 1. The third kappa shape index (κ3) is 1.81. The molecule has 0 aliphatic heterocycles. The van der Waals surface area contributed by atoms with Gasteiger partial charge in [-0.15, -0.1) is 11.3 Å². The van der Waals surface area contributed by atoms with Gasteiger partial charge in [0.1, 0.15) is 4.88 Å². The topological polar surface area (TPSA) is 37.3 Å². The highest BCUT2D eigenvalue weighted by Gasteiger charge is 2.30. The Hall–Kier alpha value is -0.830. The molecule has 1 N–H and O–H groups in total. The van der Waals surface area contributed by atoms with E-state index in [1.54, 1.807) is 0 Å². The Labute approximate surface area is 93.9 Å². The number of hydrogen-bond donors (Lipinski definition) is 1. The first-order valence-corrected chi connectivity index (χ1v) is 6.07. The minimum Gasteiger partial charge on any atom is -0.477 e. The normalized spacial score (nSPS) is 18.6. The molecular weight excluding hydrogens is 208 g/mol. The van der Waals surface area contributed by atoms with Crippen molar-refractivity contribution in [2.24, 2.45) is 5.41 Å². The fourth-order valence-electron chi connectivity index (χ4n) is 2.26. The van der Waals surface area contributed by atoms with Gasteiger partial charge in [0.25, 0.3) is 0 Å². The average molecular weight is 224 g/mol. The average Bonchev–Trinajstić information content (AvgIpc) is 2.42. The van der Waals surface area contributed by atoms with Gasteiger partial charge in [-0.05, 0) is 42.7 Å². The summed E-state index contributed by atoms with van der Waals surface area (Å²) in [7, 11) is 0. The minimum atomic E-state index is -0.773. The van der Waals surface area contributed by atoms with Crippen LogP contribution in [0.2, 0.25) is 0 Å². The summed E-state index contributed by atoms with van der Waals surface area (Å²) in [5, 5.41) is 9.06. The number of fused-ring (bicyclic) bond motifs is 1. The molecular formula is C12H16O2S. The Bertz CT molecular complexity index is 416. The van der Waals surface area contributed by atoms with Crippen LogP contribution in [0.3, 0.4) is 0 Å². The van der Waals surface area contributed by atoms with Crippen LogP contribution in [0.25, 0.3) is 0 Å². The van der Waals surface area contributed by atoms with E-state index in [2.05, 4.69) is 13.8 Å². The number of carboxylic acid groups (broad SMARTS) is 1. The predicted octanol–water partition coefficient (Wildman–Crippen LogP) is 3.27. The van der Waals surface area contributed by atoms with Gasteiger partial charge < -0.3 is 5.11 Å². The highest BCUT2D eigenvalue weighted by Crippen LogP contribution is 2.41. The molecule has 0 bridgehead atoms. The second kappa shape index (κ2) is 3.34. The molecule has 0 aromatic carbocycles. The van der Waals surface area contributed by atoms with Gasteiger partial charge >= 0.3 is 5.97 Å². The van der Waals surface area contributed by atoms with E-state index >= 15 is 0 Å². The summed E-state index contributed by atoms with van der Waals surface area (Å²) in [4.78, 5) is 12.8. The van der Waals surface area contributed by atoms with Crippen LogP contribution in [0.5, 0.6) is 0 Å². The van der Waals surface area contributed by atoms with Crippen molar-refractivity contribution in [2.75, 3.05) is 0 Å². The zero-order valence-electron chi connectivity index (χ0n) is 9.39. The SMILES string of the molecule is Cc1c(C(=O)O)sc2c1CC(C)(C)CC2. The molecule has 0 fully saturated rings. The minimum absolute atomic E-state index is 0.328. The van der Waals surface area contributed by atoms with E-state index in [-0.39, 0.29) is 0 Å². The maximum atomic E-state index is 11.0. The van der Waals surface area contributed by atoms with E-state index in [4.69, 9.17) is 5.11 Å². The number of carboxylic acids is 1. The van der Waals surface area contributed by atoms with Crippen LogP contribution in [-0.4, -0.2) is 11.1 Å². The standard InChI is InChI=1S/C12H16O2S/c1-7-8-6-12(2,3)5-4-9(8)15-10(7)11(13)14/h4-6H2,1-3H3,(H,13,14). The third-order valence-electron chi connectivity index (χ3n) is 3.23. The number of aryl methyl sites for hydroxylation is 1. The molecule has 15 heavy (non-hydrogen) atoms. The maximum Gasteiger partial charge on any atom is 0.346 e. The lowest BCUT2D eigenvalue weighted by Gasteiger charge is -2.29. The summed E-state index contributed by atoms with van der Waals surface area (Å²) >= 11 is 1.47. The van der Waals surface area contributed by atoms with Crippen molar-refractivity contribution in [3.63, 3.8) is 0 Å². The van der Waals surface area contributed by atoms with E-state index in [1.807, 2.05) is 6.92 Å².